The molecule has 0 bridgehead atoms. The third-order valence-electron chi connectivity index (χ3n) is 4.89. The standard InChI is InChI=1S/C24H24N4O2/c1-5-30-20-12-8-18(9-13-20)26-24(29)21-14-16(3)25-23-22(21)17(4)27-28(23)19-10-6-15(2)7-11-19/h6-14H,5H2,1-4H3,(H,26,29). The van der Waals surface area contributed by atoms with Gasteiger partial charge in [-0.3, -0.25) is 4.79 Å². The zero-order chi connectivity index (χ0) is 21.3. The topological polar surface area (TPSA) is 69.0 Å². The number of rotatable bonds is 5. The lowest BCUT2D eigenvalue weighted by molar-refractivity contribution is 0.102. The minimum Gasteiger partial charge on any atom is -0.494 e. The number of nitrogens with zero attached hydrogens (tertiary/aromatic N) is 3. The number of nitrogens with one attached hydrogen (secondary N) is 1. The van der Waals surface area contributed by atoms with E-state index in [1.54, 1.807) is 10.7 Å². The molecule has 0 spiro atoms. The van der Waals surface area contributed by atoms with Crippen molar-refractivity contribution in [3.05, 3.63) is 77.1 Å². The van der Waals surface area contributed by atoms with Gasteiger partial charge >= 0.3 is 0 Å². The van der Waals surface area contributed by atoms with Crippen molar-refractivity contribution in [1.29, 1.82) is 0 Å². The highest BCUT2D eigenvalue weighted by atomic mass is 16.5. The van der Waals surface area contributed by atoms with Crippen LogP contribution in [0, 0.1) is 20.8 Å². The smallest absolute Gasteiger partial charge is 0.256 e. The van der Waals surface area contributed by atoms with Gasteiger partial charge in [0.15, 0.2) is 5.65 Å². The molecule has 0 aliphatic carbocycles. The fourth-order valence-electron chi connectivity index (χ4n) is 3.46. The number of anilines is 1. The number of amides is 1. The highest BCUT2D eigenvalue weighted by molar-refractivity contribution is 6.12. The Balaban J connectivity index is 1.73. The summed E-state index contributed by atoms with van der Waals surface area (Å²) >= 11 is 0. The average Bonchev–Trinajstić information content (AvgIpc) is 3.06. The number of aryl methyl sites for hydroxylation is 3. The van der Waals surface area contributed by atoms with Crippen molar-refractivity contribution in [3.8, 4) is 11.4 Å². The van der Waals surface area contributed by atoms with E-state index in [9.17, 15) is 4.79 Å². The average molecular weight is 400 g/mol. The van der Waals surface area contributed by atoms with Gasteiger partial charge in [0.25, 0.3) is 5.91 Å². The van der Waals surface area contributed by atoms with E-state index in [1.165, 1.54) is 5.56 Å². The fraction of sp³-hybridized carbons (Fsp3) is 0.208. The Morgan fingerprint density at radius 3 is 2.40 bits per heavy atom. The highest BCUT2D eigenvalue weighted by Crippen LogP contribution is 2.26. The van der Waals surface area contributed by atoms with Crippen LogP contribution in [0.4, 0.5) is 5.69 Å². The maximum absolute atomic E-state index is 13.1. The maximum atomic E-state index is 13.1. The first kappa shape index (κ1) is 19.6. The van der Waals surface area contributed by atoms with Crippen molar-refractivity contribution in [2.24, 2.45) is 0 Å². The summed E-state index contributed by atoms with van der Waals surface area (Å²) in [5.74, 6) is 0.578. The molecule has 4 rings (SSSR count). The van der Waals surface area contributed by atoms with Crippen molar-refractivity contribution in [2.75, 3.05) is 11.9 Å². The molecule has 152 valence electrons. The molecule has 1 amide bonds. The van der Waals surface area contributed by atoms with E-state index in [4.69, 9.17) is 4.74 Å². The van der Waals surface area contributed by atoms with Crippen LogP contribution in [0.1, 0.15) is 34.2 Å². The SMILES string of the molecule is CCOc1ccc(NC(=O)c2cc(C)nc3c2c(C)nn3-c2ccc(C)cc2)cc1. The monoisotopic (exact) mass is 400 g/mol. The molecule has 2 aromatic carbocycles. The summed E-state index contributed by atoms with van der Waals surface area (Å²) in [6, 6.07) is 17.2. The number of ether oxygens (including phenoxy) is 1. The molecule has 0 aliphatic heterocycles. The van der Waals surface area contributed by atoms with Gasteiger partial charge in [-0.25, -0.2) is 9.67 Å². The van der Waals surface area contributed by atoms with Crippen LogP contribution in [0.5, 0.6) is 5.75 Å². The molecule has 0 aliphatic rings. The van der Waals surface area contributed by atoms with Crippen molar-refractivity contribution >= 4 is 22.6 Å². The fourth-order valence-corrected chi connectivity index (χ4v) is 3.46. The van der Waals surface area contributed by atoms with Gasteiger partial charge in [-0.1, -0.05) is 17.7 Å². The molecular formula is C24H24N4O2. The predicted molar refractivity (Wildman–Crippen MR) is 119 cm³/mol. The summed E-state index contributed by atoms with van der Waals surface area (Å²) in [7, 11) is 0. The van der Waals surface area contributed by atoms with E-state index in [0.717, 1.165) is 28.2 Å². The van der Waals surface area contributed by atoms with Crippen LogP contribution in [-0.2, 0) is 0 Å². The number of aromatic nitrogens is 3. The molecule has 4 aromatic rings. The number of hydrogen-bond donors (Lipinski definition) is 1. The molecule has 0 atom stereocenters. The largest absolute Gasteiger partial charge is 0.494 e. The van der Waals surface area contributed by atoms with E-state index < -0.39 is 0 Å². The van der Waals surface area contributed by atoms with Crippen molar-refractivity contribution in [2.45, 2.75) is 27.7 Å². The second kappa shape index (κ2) is 7.99. The van der Waals surface area contributed by atoms with Crippen molar-refractivity contribution < 1.29 is 9.53 Å². The van der Waals surface area contributed by atoms with Gasteiger partial charge in [0.2, 0.25) is 0 Å². The highest BCUT2D eigenvalue weighted by Gasteiger charge is 2.19. The lowest BCUT2D eigenvalue weighted by atomic mass is 10.1. The Morgan fingerprint density at radius 1 is 1.03 bits per heavy atom. The quantitative estimate of drug-likeness (QED) is 0.512. The number of pyridine rings is 1. The molecule has 0 unspecified atom stereocenters. The molecular weight excluding hydrogens is 376 g/mol. The Hall–Kier alpha value is -3.67. The summed E-state index contributed by atoms with van der Waals surface area (Å²) in [5.41, 5.74) is 5.54. The first-order valence-corrected chi connectivity index (χ1v) is 9.94. The molecule has 0 fully saturated rings. The normalized spacial score (nSPS) is 10.9. The molecule has 0 saturated heterocycles. The second-order valence-corrected chi connectivity index (χ2v) is 7.25. The van der Waals surface area contributed by atoms with Crippen molar-refractivity contribution in [3.63, 3.8) is 0 Å². The van der Waals surface area contributed by atoms with E-state index in [2.05, 4.69) is 15.4 Å². The van der Waals surface area contributed by atoms with Gasteiger partial charge in [-0.05, 0) is 70.2 Å². The summed E-state index contributed by atoms with van der Waals surface area (Å²) < 4.78 is 7.26. The first-order chi connectivity index (χ1) is 14.5. The number of benzene rings is 2. The Labute approximate surface area is 175 Å². The van der Waals surface area contributed by atoms with Gasteiger partial charge < -0.3 is 10.1 Å². The van der Waals surface area contributed by atoms with Crippen LogP contribution < -0.4 is 10.1 Å². The Kier molecular flexibility index (Phi) is 5.23. The predicted octanol–water partition coefficient (Wildman–Crippen LogP) is 5.00. The van der Waals surface area contributed by atoms with Crippen molar-refractivity contribution in [1.82, 2.24) is 14.8 Å². The summed E-state index contributed by atoms with van der Waals surface area (Å²) in [4.78, 5) is 17.8. The van der Waals surface area contributed by atoms with E-state index in [-0.39, 0.29) is 5.91 Å². The molecule has 0 saturated carbocycles. The summed E-state index contributed by atoms with van der Waals surface area (Å²) in [6.45, 7) is 8.37. The van der Waals surface area contributed by atoms with Gasteiger partial charge in [-0.15, -0.1) is 0 Å². The number of carbonyl (C=O) groups excluding carboxylic acids is 1. The van der Waals surface area contributed by atoms with E-state index in [1.807, 2.05) is 76.2 Å². The zero-order valence-corrected chi connectivity index (χ0v) is 17.6. The molecule has 0 radical (unpaired) electrons. The summed E-state index contributed by atoms with van der Waals surface area (Å²) in [6.07, 6.45) is 0. The van der Waals surface area contributed by atoms with Crippen LogP contribution in [-0.4, -0.2) is 27.3 Å². The van der Waals surface area contributed by atoms with Crippen LogP contribution >= 0.6 is 0 Å². The zero-order valence-electron chi connectivity index (χ0n) is 17.6. The number of hydrogen-bond acceptors (Lipinski definition) is 4. The summed E-state index contributed by atoms with van der Waals surface area (Å²) in [5, 5.41) is 8.40. The van der Waals surface area contributed by atoms with Gasteiger partial charge in [-0.2, -0.15) is 5.10 Å². The minimum absolute atomic E-state index is 0.193. The van der Waals surface area contributed by atoms with Crippen LogP contribution in [0.25, 0.3) is 16.7 Å². The molecule has 2 aromatic heterocycles. The number of fused-ring (bicyclic) bond motifs is 1. The number of carbonyl (C=O) groups is 1. The minimum atomic E-state index is -0.193. The molecule has 6 heteroatoms. The molecule has 2 heterocycles. The Morgan fingerprint density at radius 2 is 1.73 bits per heavy atom. The van der Waals surface area contributed by atoms with Crippen LogP contribution in [0.15, 0.2) is 54.6 Å². The third-order valence-corrected chi connectivity index (χ3v) is 4.89. The molecule has 30 heavy (non-hydrogen) atoms. The van der Waals surface area contributed by atoms with Crippen LogP contribution in [0.3, 0.4) is 0 Å². The van der Waals surface area contributed by atoms with Gasteiger partial charge in [0.1, 0.15) is 5.75 Å². The van der Waals surface area contributed by atoms with Gasteiger partial charge in [0.05, 0.1) is 28.9 Å². The lowest BCUT2D eigenvalue weighted by Crippen LogP contribution is -2.13. The van der Waals surface area contributed by atoms with E-state index >= 15 is 0 Å². The van der Waals surface area contributed by atoms with E-state index in [0.29, 0.717) is 23.5 Å². The molecule has 1 N–H and O–H groups in total. The lowest BCUT2D eigenvalue weighted by Gasteiger charge is -2.09. The van der Waals surface area contributed by atoms with Gasteiger partial charge in [0, 0.05) is 11.4 Å². The maximum Gasteiger partial charge on any atom is 0.256 e. The first-order valence-electron chi connectivity index (χ1n) is 9.94. The second-order valence-electron chi connectivity index (χ2n) is 7.25. The third kappa shape index (κ3) is 3.76. The molecule has 6 nitrogen and oxygen atoms in total. The Bertz CT molecular complexity index is 1210. The van der Waals surface area contributed by atoms with Crippen LogP contribution in [0.2, 0.25) is 0 Å².